The Hall–Kier alpha value is -1.02. The fourth-order valence-electron chi connectivity index (χ4n) is 1.98. The third-order valence-corrected chi connectivity index (χ3v) is 2.95. The second-order valence-corrected chi connectivity index (χ2v) is 4.55. The number of benzene rings is 1. The molecule has 0 aliphatic rings. The second kappa shape index (κ2) is 7.33. The van der Waals surface area contributed by atoms with Gasteiger partial charge < -0.3 is 4.90 Å². The Morgan fingerprint density at radius 2 is 2.00 bits per heavy atom. The molecule has 2 nitrogen and oxygen atoms in total. The van der Waals surface area contributed by atoms with Gasteiger partial charge in [0.15, 0.2) is 0 Å². The highest BCUT2D eigenvalue weighted by molar-refractivity contribution is 6.19. The SMILES string of the molecule is CCCC(C)N(C(=O)CCCl)c1ccccc1. The topological polar surface area (TPSA) is 20.3 Å². The molecular formula is C14H20ClNO. The van der Waals surface area contributed by atoms with Crippen LogP contribution in [0, 0.1) is 0 Å². The van der Waals surface area contributed by atoms with Crippen LogP contribution in [-0.2, 0) is 4.79 Å². The zero-order valence-corrected chi connectivity index (χ0v) is 11.3. The largest absolute Gasteiger partial charge is 0.310 e. The lowest BCUT2D eigenvalue weighted by Gasteiger charge is -2.29. The molecule has 0 aromatic heterocycles. The number of carbonyl (C=O) groups excluding carboxylic acids is 1. The standard InChI is InChI=1S/C14H20ClNO/c1-3-7-12(2)16(14(17)10-11-15)13-8-5-4-6-9-13/h4-6,8-9,12H,3,7,10-11H2,1-2H3. The van der Waals surface area contributed by atoms with E-state index < -0.39 is 0 Å². The number of hydrogen-bond donors (Lipinski definition) is 0. The van der Waals surface area contributed by atoms with E-state index in [0.29, 0.717) is 12.3 Å². The summed E-state index contributed by atoms with van der Waals surface area (Å²) < 4.78 is 0. The summed E-state index contributed by atoms with van der Waals surface area (Å²) in [5, 5.41) is 0. The second-order valence-electron chi connectivity index (χ2n) is 4.18. The van der Waals surface area contributed by atoms with Crippen molar-refractivity contribution in [3.63, 3.8) is 0 Å². The summed E-state index contributed by atoms with van der Waals surface area (Å²) >= 11 is 5.66. The van der Waals surface area contributed by atoms with Crippen molar-refractivity contribution in [3.8, 4) is 0 Å². The van der Waals surface area contributed by atoms with Crippen LogP contribution in [0.4, 0.5) is 5.69 Å². The Morgan fingerprint density at radius 1 is 1.35 bits per heavy atom. The van der Waals surface area contributed by atoms with E-state index in [9.17, 15) is 4.79 Å². The van der Waals surface area contributed by atoms with Gasteiger partial charge in [-0.15, -0.1) is 11.6 Å². The van der Waals surface area contributed by atoms with Crippen molar-refractivity contribution in [2.75, 3.05) is 10.8 Å². The summed E-state index contributed by atoms with van der Waals surface area (Å²) in [5.74, 6) is 0.480. The Labute approximate surface area is 109 Å². The Kier molecular flexibility index (Phi) is 6.06. The van der Waals surface area contributed by atoms with Crippen LogP contribution >= 0.6 is 11.6 Å². The highest BCUT2D eigenvalue weighted by Crippen LogP contribution is 2.20. The number of hydrogen-bond acceptors (Lipinski definition) is 1. The van der Waals surface area contributed by atoms with Crippen LogP contribution in [0.5, 0.6) is 0 Å². The molecule has 1 aromatic rings. The van der Waals surface area contributed by atoms with E-state index in [1.165, 1.54) is 0 Å². The zero-order chi connectivity index (χ0) is 12.7. The Morgan fingerprint density at radius 3 is 2.53 bits per heavy atom. The lowest BCUT2D eigenvalue weighted by Crippen LogP contribution is -2.38. The zero-order valence-electron chi connectivity index (χ0n) is 10.5. The minimum absolute atomic E-state index is 0.104. The number of para-hydroxylation sites is 1. The fraction of sp³-hybridized carbons (Fsp3) is 0.500. The van der Waals surface area contributed by atoms with Crippen molar-refractivity contribution in [1.29, 1.82) is 0 Å². The molecule has 0 heterocycles. The molecule has 0 spiro atoms. The molecule has 1 atom stereocenters. The maximum absolute atomic E-state index is 12.1. The molecule has 1 rings (SSSR count). The highest BCUT2D eigenvalue weighted by Gasteiger charge is 2.20. The number of anilines is 1. The first-order valence-electron chi connectivity index (χ1n) is 6.13. The van der Waals surface area contributed by atoms with Crippen LogP contribution in [0.1, 0.15) is 33.1 Å². The van der Waals surface area contributed by atoms with Gasteiger partial charge in [0.05, 0.1) is 0 Å². The third kappa shape index (κ3) is 4.04. The van der Waals surface area contributed by atoms with Crippen molar-refractivity contribution >= 4 is 23.2 Å². The molecule has 0 bridgehead atoms. The quantitative estimate of drug-likeness (QED) is 0.706. The number of alkyl halides is 1. The molecule has 0 radical (unpaired) electrons. The molecular weight excluding hydrogens is 234 g/mol. The summed E-state index contributed by atoms with van der Waals surface area (Å²) in [4.78, 5) is 14.0. The van der Waals surface area contributed by atoms with Gasteiger partial charge in [0.2, 0.25) is 5.91 Å². The third-order valence-electron chi connectivity index (χ3n) is 2.76. The van der Waals surface area contributed by atoms with Gasteiger partial charge in [-0.1, -0.05) is 31.5 Å². The first kappa shape index (κ1) is 14.0. The molecule has 94 valence electrons. The lowest BCUT2D eigenvalue weighted by molar-refractivity contribution is -0.118. The number of carbonyl (C=O) groups is 1. The average Bonchev–Trinajstić information content (AvgIpc) is 2.31. The highest BCUT2D eigenvalue weighted by atomic mass is 35.5. The minimum Gasteiger partial charge on any atom is -0.310 e. The van der Waals surface area contributed by atoms with E-state index in [1.807, 2.05) is 35.2 Å². The van der Waals surface area contributed by atoms with Crippen LogP contribution in [-0.4, -0.2) is 17.8 Å². The van der Waals surface area contributed by atoms with Crippen molar-refractivity contribution in [2.24, 2.45) is 0 Å². The summed E-state index contributed by atoms with van der Waals surface area (Å²) in [6, 6.07) is 10.0. The van der Waals surface area contributed by atoms with E-state index in [2.05, 4.69) is 13.8 Å². The van der Waals surface area contributed by atoms with Crippen LogP contribution in [0.3, 0.4) is 0 Å². The molecule has 3 heteroatoms. The van der Waals surface area contributed by atoms with Gasteiger partial charge in [0.1, 0.15) is 0 Å². The molecule has 0 aliphatic heterocycles. The van der Waals surface area contributed by atoms with Crippen LogP contribution in [0.15, 0.2) is 30.3 Å². The molecule has 0 saturated heterocycles. The van der Waals surface area contributed by atoms with Gasteiger partial charge in [-0.05, 0) is 25.5 Å². The maximum Gasteiger partial charge on any atom is 0.228 e. The van der Waals surface area contributed by atoms with Gasteiger partial charge in [-0.25, -0.2) is 0 Å². The predicted molar refractivity (Wildman–Crippen MR) is 73.6 cm³/mol. The predicted octanol–water partition coefficient (Wildman–Crippen LogP) is 3.84. The van der Waals surface area contributed by atoms with E-state index >= 15 is 0 Å². The smallest absolute Gasteiger partial charge is 0.228 e. The van der Waals surface area contributed by atoms with Crippen molar-refractivity contribution in [2.45, 2.75) is 39.2 Å². The number of nitrogens with zero attached hydrogens (tertiary/aromatic N) is 1. The molecule has 0 saturated carbocycles. The first-order chi connectivity index (χ1) is 8.20. The number of amides is 1. The van der Waals surface area contributed by atoms with Gasteiger partial charge in [-0.2, -0.15) is 0 Å². The van der Waals surface area contributed by atoms with E-state index in [4.69, 9.17) is 11.6 Å². The van der Waals surface area contributed by atoms with Crippen molar-refractivity contribution in [1.82, 2.24) is 0 Å². The van der Waals surface area contributed by atoms with E-state index in [0.717, 1.165) is 18.5 Å². The molecule has 1 amide bonds. The lowest BCUT2D eigenvalue weighted by atomic mass is 10.1. The van der Waals surface area contributed by atoms with Gasteiger partial charge in [0, 0.05) is 24.0 Å². The van der Waals surface area contributed by atoms with Crippen LogP contribution in [0.25, 0.3) is 0 Å². The molecule has 0 N–H and O–H groups in total. The molecule has 0 aliphatic carbocycles. The fourth-order valence-corrected chi connectivity index (χ4v) is 2.14. The average molecular weight is 254 g/mol. The van der Waals surface area contributed by atoms with Crippen molar-refractivity contribution in [3.05, 3.63) is 30.3 Å². The minimum atomic E-state index is 0.104. The summed E-state index contributed by atoms with van der Waals surface area (Å²) in [5.41, 5.74) is 0.962. The normalized spacial score (nSPS) is 12.2. The van der Waals surface area contributed by atoms with E-state index in [-0.39, 0.29) is 11.9 Å². The van der Waals surface area contributed by atoms with Crippen LogP contribution < -0.4 is 4.90 Å². The Balaban J connectivity index is 2.90. The Bertz CT molecular complexity index is 339. The number of halogens is 1. The maximum atomic E-state index is 12.1. The molecule has 0 fully saturated rings. The van der Waals surface area contributed by atoms with Gasteiger partial charge in [0.25, 0.3) is 0 Å². The van der Waals surface area contributed by atoms with E-state index in [1.54, 1.807) is 0 Å². The van der Waals surface area contributed by atoms with Gasteiger partial charge in [-0.3, -0.25) is 4.79 Å². The molecule has 1 aromatic carbocycles. The summed E-state index contributed by atoms with van der Waals surface area (Å²) in [6.07, 6.45) is 2.46. The first-order valence-corrected chi connectivity index (χ1v) is 6.67. The van der Waals surface area contributed by atoms with Crippen molar-refractivity contribution < 1.29 is 4.79 Å². The monoisotopic (exact) mass is 253 g/mol. The summed E-state index contributed by atoms with van der Waals surface area (Å²) in [7, 11) is 0. The molecule has 1 unspecified atom stereocenters. The number of rotatable bonds is 6. The summed E-state index contributed by atoms with van der Waals surface area (Å²) in [6.45, 7) is 4.22. The van der Waals surface area contributed by atoms with Crippen LogP contribution in [0.2, 0.25) is 0 Å². The molecule has 17 heavy (non-hydrogen) atoms. The van der Waals surface area contributed by atoms with Gasteiger partial charge >= 0.3 is 0 Å².